The Hall–Kier alpha value is -4.59. The van der Waals surface area contributed by atoms with Gasteiger partial charge in [-0.1, -0.05) is 6.92 Å². The number of Topliss-reactive ketones (excluding diaryl/α,β-unsaturated/α-hetero) is 1. The van der Waals surface area contributed by atoms with E-state index < -0.39 is 0 Å². The number of carbonyl (C=O) groups excluding carboxylic acids is 2. The number of nitrogens with one attached hydrogen (secondary N) is 1. The zero-order valence-electron chi connectivity index (χ0n) is 25.9. The van der Waals surface area contributed by atoms with Gasteiger partial charge < -0.3 is 10.2 Å². The van der Waals surface area contributed by atoms with E-state index in [1.807, 2.05) is 50.0 Å². The van der Waals surface area contributed by atoms with E-state index in [4.69, 9.17) is 9.97 Å². The van der Waals surface area contributed by atoms with E-state index in [1.165, 1.54) is 0 Å². The molecule has 0 radical (unpaired) electrons. The molecule has 2 fully saturated rings. The summed E-state index contributed by atoms with van der Waals surface area (Å²) in [6.45, 7) is 9.65. The Morgan fingerprint density at radius 2 is 1.82 bits per heavy atom. The molecule has 0 atom stereocenters. The molecule has 4 aromatic heterocycles. The largest absolute Gasteiger partial charge is 0.357 e. The number of carbonyl (C=O) groups is 2. The van der Waals surface area contributed by atoms with Crippen LogP contribution in [0.25, 0.3) is 28.0 Å². The van der Waals surface area contributed by atoms with E-state index in [1.54, 1.807) is 23.1 Å². The van der Waals surface area contributed by atoms with Crippen molar-refractivity contribution < 1.29 is 9.59 Å². The number of amides is 1. The first-order chi connectivity index (χ1) is 21.1. The zero-order valence-corrected chi connectivity index (χ0v) is 25.9. The van der Waals surface area contributed by atoms with Crippen LogP contribution in [0.3, 0.4) is 0 Å². The molecule has 5 heterocycles. The number of piperidine rings is 1. The van der Waals surface area contributed by atoms with Gasteiger partial charge in [-0.25, -0.2) is 14.5 Å². The monoisotopic (exact) mass is 593 g/mol. The topological polar surface area (TPSA) is 134 Å². The Morgan fingerprint density at radius 1 is 1.07 bits per heavy atom. The Morgan fingerprint density at radius 3 is 2.45 bits per heavy atom. The van der Waals surface area contributed by atoms with Crippen molar-refractivity contribution in [1.82, 2.24) is 34.7 Å². The molecule has 1 amide bonds. The summed E-state index contributed by atoms with van der Waals surface area (Å²) in [4.78, 5) is 36.9. The number of aromatic nitrogens is 6. The molecule has 1 aliphatic heterocycles. The first kappa shape index (κ1) is 29.5. The van der Waals surface area contributed by atoms with Gasteiger partial charge in [0.05, 0.1) is 41.4 Å². The third-order valence-electron chi connectivity index (χ3n) is 9.11. The van der Waals surface area contributed by atoms with Crippen LogP contribution >= 0.6 is 0 Å². The maximum absolute atomic E-state index is 13.2. The summed E-state index contributed by atoms with van der Waals surface area (Å²) in [5.74, 6) is 1.30. The summed E-state index contributed by atoms with van der Waals surface area (Å²) >= 11 is 0. The van der Waals surface area contributed by atoms with Crippen LogP contribution in [0, 0.1) is 16.7 Å². The number of pyridine rings is 1. The maximum Gasteiger partial charge on any atom is 0.226 e. The Bertz CT molecular complexity index is 1720. The molecular formula is C33H39N9O2. The van der Waals surface area contributed by atoms with Crippen LogP contribution in [0.1, 0.15) is 84.2 Å². The van der Waals surface area contributed by atoms with Crippen molar-refractivity contribution in [3.63, 3.8) is 0 Å². The predicted octanol–water partition coefficient (Wildman–Crippen LogP) is 5.12. The van der Waals surface area contributed by atoms with Gasteiger partial charge in [-0.3, -0.25) is 14.3 Å². The lowest BCUT2D eigenvalue weighted by Gasteiger charge is -2.42. The molecule has 2 aliphatic rings. The minimum Gasteiger partial charge on any atom is -0.357 e. The second-order valence-electron chi connectivity index (χ2n) is 13.1. The summed E-state index contributed by atoms with van der Waals surface area (Å²) in [5.41, 5.74) is 3.36. The fourth-order valence-electron chi connectivity index (χ4n) is 6.39. The Balaban J connectivity index is 1.25. The van der Waals surface area contributed by atoms with Gasteiger partial charge in [-0.05, 0) is 65.0 Å². The molecule has 6 rings (SSSR count). The van der Waals surface area contributed by atoms with Crippen molar-refractivity contribution in [2.45, 2.75) is 84.2 Å². The maximum atomic E-state index is 13.2. The van der Waals surface area contributed by atoms with Crippen molar-refractivity contribution in [2.75, 3.05) is 18.0 Å². The minimum atomic E-state index is -0.363. The van der Waals surface area contributed by atoms with Crippen LogP contribution in [-0.4, -0.2) is 59.7 Å². The van der Waals surface area contributed by atoms with E-state index in [0.717, 1.165) is 62.1 Å². The summed E-state index contributed by atoms with van der Waals surface area (Å²) in [6.07, 6.45) is 14.0. The van der Waals surface area contributed by atoms with Gasteiger partial charge in [0.1, 0.15) is 28.8 Å². The first-order valence-corrected chi connectivity index (χ1v) is 15.5. The molecule has 44 heavy (non-hydrogen) atoms. The average molecular weight is 594 g/mol. The highest BCUT2D eigenvalue weighted by Gasteiger charge is 2.41. The highest BCUT2D eigenvalue weighted by atomic mass is 16.2. The molecule has 0 aromatic carbocycles. The lowest BCUT2D eigenvalue weighted by atomic mass is 9.75. The van der Waals surface area contributed by atoms with Crippen LogP contribution in [0.15, 0.2) is 43.1 Å². The molecule has 11 heteroatoms. The highest BCUT2D eigenvalue weighted by Crippen LogP contribution is 2.37. The molecule has 4 aromatic rings. The van der Waals surface area contributed by atoms with Crippen LogP contribution in [0.4, 0.5) is 5.82 Å². The van der Waals surface area contributed by atoms with E-state index in [9.17, 15) is 14.9 Å². The molecule has 1 saturated heterocycles. The summed E-state index contributed by atoms with van der Waals surface area (Å²) in [7, 11) is 0. The average Bonchev–Trinajstić information content (AvgIpc) is 3.68. The lowest BCUT2D eigenvalue weighted by Crippen LogP contribution is -2.53. The normalized spacial score (nSPS) is 17.5. The number of rotatable bonds is 6. The van der Waals surface area contributed by atoms with Gasteiger partial charge in [-0.15, -0.1) is 0 Å². The van der Waals surface area contributed by atoms with E-state index in [0.29, 0.717) is 41.1 Å². The van der Waals surface area contributed by atoms with E-state index in [-0.39, 0.29) is 22.9 Å². The summed E-state index contributed by atoms with van der Waals surface area (Å²) in [5, 5.41) is 22.0. The molecule has 1 N–H and O–H groups in total. The third kappa shape index (κ3) is 5.68. The van der Waals surface area contributed by atoms with Crippen LogP contribution in [-0.2, 0) is 9.59 Å². The molecule has 228 valence electrons. The molecule has 11 nitrogen and oxygen atoms in total. The number of hydrogen-bond acceptors (Lipinski definition) is 8. The minimum absolute atomic E-state index is 0.138. The van der Waals surface area contributed by atoms with Crippen molar-refractivity contribution in [2.24, 2.45) is 5.41 Å². The standard InChI is InChI=1S/C33H39N9O2/c1-5-33(31(44)39-32(2,3)4)12-14-40(15-13-33)28-11-6-22(17-35-28)29-30-23(16-34)18-37-42(30)21-27(38-29)24-19-36-41(20-24)25-7-9-26(43)10-8-25/h6,11,17-21,25H,5,7-10,12-15H2,1-4H3,(H,39,44). The van der Waals surface area contributed by atoms with Gasteiger partial charge >= 0.3 is 0 Å². The highest BCUT2D eigenvalue weighted by molar-refractivity contribution is 5.84. The van der Waals surface area contributed by atoms with Crippen molar-refractivity contribution in [3.8, 4) is 28.6 Å². The molecule has 0 spiro atoms. The quantitative estimate of drug-likeness (QED) is 0.326. The van der Waals surface area contributed by atoms with E-state index >= 15 is 0 Å². The van der Waals surface area contributed by atoms with Gasteiger partial charge in [0.2, 0.25) is 5.91 Å². The van der Waals surface area contributed by atoms with E-state index in [2.05, 4.69) is 33.4 Å². The summed E-state index contributed by atoms with van der Waals surface area (Å²) in [6, 6.07) is 6.41. The molecule has 0 bridgehead atoms. The zero-order chi connectivity index (χ0) is 31.1. The Kier molecular flexibility index (Phi) is 7.70. The Labute approximate surface area is 257 Å². The van der Waals surface area contributed by atoms with Gasteiger partial charge in [0, 0.05) is 55.0 Å². The number of ketones is 1. The van der Waals surface area contributed by atoms with Crippen LogP contribution < -0.4 is 10.2 Å². The first-order valence-electron chi connectivity index (χ1n) is 15.5. The smallest absolute Gasteiger partial charge is 0.226 e. The van der Waals surface area contributed by atoms with Gasteiger partial charge in [-0.2, -0.15) is 15.5 Å². The fraction of sp³-hybridized carbons (Fsp3) is 0.485. The fourth-order valence-corrected chi connectivity index (χ4v) is 6.39. The number of nitriles is 1. The SMILES string of the molecule is CCC1(C(=O)NC(C)(C)C)CCN(c2ccc(-c3nc(-c4cnn(C5CCC(=O)CC5)c4)cn4ncc(C#N)c34)cn2)CC1. The van der Waals surface area contributed by atoms with Crippen molar-refractivity contribution in [1.29, 1.82) is 5.26 Å². The molecule has 0 unspecified atom stereocenters. The van der Waals surface area contributed by atoms with Crippen molar-refractivity contribution >= 4 is 23.0 Å². The third-order valence-corrected chi connectivity index (χ3v) is 9.11. The number of fused-ring (bicyclic) bond motifs is 1. The second-order valence-corrected chi connectivity index (χ2v) is 13.1. The lowest BCUT2D eigenvalue weighted by molar-refractivity contribution is -0.134. The number of anilines is 1. The van der Waals surface area contributed by atoms with Gasteiger partial charge in [0.25, 0.3) is 0 Å². The predicted molar refractivity (Wildman–Crippen MR) is 167 cm³/mol. The molecule has 1 saturated carbocycles. The van der Waals surface area contributed by atoms with Gasteiger partial charge in [0.15, 0.2) is 0 Å². The number of nitrogens with zero attached hydrogens (tertiary/aromatic N) is 8. The molecule has 1 aliphatic carbocycles. The van der Waals surface area contributed by atoms with Crippen LogP contribution in [0.2, 0.25) is 0 Å². The molecular weight excluding hydrogens is 554 g/mol. The number of hydrogen-bond donors (Lipinski definition) is 1. The summed E-state index contributed by atoms with van der Waals surface area (Å²) < 4.78 is 3.63. The van der Waals surface area contributed by atoms with Crippen LogP contribution in [0.5, 0.6) is 0 Å². The second kappa shape index (κ2) is 11.5. The van der Waals surface area contributed by atoms with Crippen molar-refractivity contribution in [3.05, 3.63) is 48.7 Å².